The fourth-order valence-electron chi connectivity index (χ4n) is 3.13. The number of hydrogen-bond acceptors (Lipinski definition) is 7. The summed E-state index contributed by atoms with van der Waals surface area (Å²) in [7, 11) is -6.41. The molecule has 4 rings (SSSR count). The van der Waals surface area contributed by atoms with Gasteiger partial charge in [-0.05, 0) is 30.3 Å². The van der Waals surface area contributed by atoms with Gasteiger partial charge in [0.1, 0.15) is 10.6 Å². The maximum absolute atomic E-state index is 12.8. The van der Waals surface area contributed by atoms with E-state index in [0.717, 1.165) is 6.07 Å². The molecule has 0 spiro atoms. The molecule has 2 aromatic carbocycles. The second-order valence-corrected chi connectivity index (χ2v) is 9.96. The molecule has 0 atom stereocenters. The topological polar surface area (TPSA) is 114 Å². The number of fused-ring (bicyclic) bond motifs is 1. The highest BCUT2D eigenvalue weighted by Crippen LogP contribution is 2.32. The van der Waals surface area contributed by atoms with Crippen LogP contribution in [0.2, 0.25) is 0 Å². The first-order valence-corrected chi connectivity index (χ1v) is 11.7. The van der Waals surface area contributed by atoms with E-state index in [1.807, 2.05) is 0 Å². The Labute approximate surface area is 169 Å². The van der Waals surface area contributed by atoms with Crippen molar-refractivity contribution in [3.63, 3.8) is 0 Å². The van der Waals surface area contributed by atoms with Gasteiger partial charge in [0.15, 0.2) is 5.84 Å². The lowest BCUT2D eigenvalue weighted by molar-refractivity contribution is 0.0730. The average molecular weight is 437 g/mol. The summed E-state index contributed by atoms with van der Waals surface area (Å²) in [6, 6.07) is 10.8. The summed E-state index contributed by atoms with van der Waals surface area (Å²) < 4.78 is 66.7. The van der Waals surface area contributed by atoms with Crippen molar-refractivity contribution >= 4 is 31.6 Å². The fourth-order valence-corrected chi connectivity index (χ4v) is 5.80. The molecule has 154 valence electrons. The summed E-state index contributed by atoms with van der Waals surface area (Å²) in [6.07, 6.45) is 0. The van der Waals surface area contributed by atoms with Gasteiger partial charge in [-0.1, -0.05) is 12.1 Å². The molecule has 29 heavy (non-hydrogen) atoms. The summed E-state index contributed by atoms with van der Waals surface area (Å²) >= 11 is 0. The number of anilines is 1. The van der Waals surface area contributed by atoms with Gasteiger partial charge < -0.3 is 14.8 Å². The third-order valence-corrected chi connectivity index (χ3v) is 7.86. The zero-order valence-corrected chi connectivity index (χ0v) is 17.2. The Kier molecular flexibility index (Phi) is 5.07. The van der Waals surface area contributed by atoms with Crippen LogP contribution >= 0.6 is 0 Å². The second kappa shape index (κ2) is 7.41. The summed E-state index contributed by atoms with van der Waals surface area (Å²) in [5, 5.41) is 2.97. The molecule has 1 fully saturated rings. The van der Waals surface area contributed by atoms with E-state index >= 15 is 0 Å². The van der Waals surface area contributed by atoms with Gasteiger partial charge in [-0.3, -0.25) is 0 Å². The number of methoxy groups -OCH3 is 1. The first-order chi connectivity index (χ1) is 13.8. The number of rotatable bonds is 4. The van der Waals surface area contributed by atoms with Crippen molar-refractivity contribution < 1.29 is 26.3 Å². The molecule has 0 bridgehead atoms. The van der Waals surface area contributed by atoms with Gasteiger partial charge in [0.2, 0.25) is 10.0 Å². The Balaban J connectivity index is 1.72. The molecule has 0 radical (unpaired) electrons. The molecule has 1 saturated heterocycles. The van der Waals surface area contributed by atoms with E-state index in [2.05, 4.69) is 9.71 Å². The van der Waals surface area contributed by atoms with Crippen LogP contribution in [0.3, 0.4) is 0 Å². The van der Waals surface area contributed by atoms with Crippen molar-refractivity contribution in [2.24, 2.45) is 4.40 Å². The number of ether oxygens (including phenoxy) is 2. The molecule has 2 aliphatic heterocycles. The molecule has 0 saturated carbocycles. The predicted molar refractivity (Wildman–Crippen MR) is 106 cm³/mol. The number of benzene rings is 2. The predicted octanol–water partition coefficient (Wildman–Crippen LogP) is 1.28. The maximum atomic E-state index is 12.8. The molecule has 0 aromatic heterocycles. The van der Waals surface area contributed by atoms with E-state index in [4.69, 9.17) is 9.47 Å². The number of nitrogens with zero attached hydrogens (tertiary/aromatic N) is 2. The smallest absolute Gasteiger partial charge is 0.286 e. The van der Waals surface area contributed by atoms with E-state index in [9.17, 15) is 16.8 Å². The Morgan fingerprint density at radius 1 is 1.14 bits per heavy atom. The Morgan fingerprint density at radius 3 is 2.62 bits per heavy atom. The van der Waals surface area contributed by atoms with Crippen LogP contribution in [0.4, 0.5) is 5.69 Å². The third-order valence-electron chi connectivity index (χ3n) is 4.65. The van der Waals surface area contributed by atoms with Crippen LogP contribution in [-0.2, 0) is 24.8 Å². The Bertz CT molecular complexity index is 1190. The summed E-state index contributed by atoms with van der Waals surface area (Å²) in [5.41, 5.74) is 0.794. The van der Waals surface area contributed by atoms with Crippen LogP contribution in [0.5, 0.6) is 5.75 Å². The minimum absolute atomic E-state index is 0.0939. The van der Waals surface area contributed by atoms with E-state index in [0.29, 0.717) is 24.5 Å². The van der Waals surface area contributed by atoms with Crippen LogP contribution in [0, 0.1) is 0 Å². The minimum Gasteiger partial charge on any atom is -0.497 e. The van der Waals surface area contributed by atoms with Crippen molar-refractivity contribution in [3.8, 4) is 5.75 Å². The van der Waals surface area contributed by atoms with E-state index in [1.54, 1.807) is 24.3 Å². The van der Waals surface area contributed by atoms with E-state index in [1.165, 1.54) is 23.5 Å². The lowest BCUT2D eigenvalue weighted by Gasteiger charge is -2.26. The number of morpholine rings is 1. The average Bonchev–Trinajstić information content (AvgIpc) is 2.73. The molecule has 9 nitrogen and oxygen atoms in total. The summed E-state index contributed by atoms with van der Waals surface area (Å²) in [5.74, 6) is 0.697. The van der Waals surface area contributed by atoms with Crippen LogP contribution in [-0.4, -0.2) is 60.4 Å². The monoisotopic (exact) mass is 437 g/mol. The molecule has 11 heteroatoms. The van der Waals surface area contributed by atoms with Gasteiger partial charge in [-0.25, -0.2) is 8.42 Å². The molecular formula is C18H19N3O6S2. The maximum Gasteiger partial charge on any atom is 0.286 e. The number of hydrogen-bond donors (Lipinski definition) is 1. The first kappa shape index (κ1) is 19.8. The molecule has 2 aromatic rings. The first-order valence-electron chi connectivity index (χ1n) is 8.80. The SMILES string of the molecule is COc1cccc(C2=NS(=O)(=O)c3cc(S(=O)(=O)N4CCOCC4)ccc3N2)c1. The van der Waals surface area contributed by atoms with E-state index < -0.39 is 20.0 Å². The quantitative estimate of drug-likeness (QED) is 0.766. The second-order valence-electron chi connectivity index (χ2n) is 6.45. The fraction of sp³-hybridized carbons (Fsp3) is 0.278. The highest BCUT2D eigenvalue weighted by atomic mass is 32.2. The van der Waals surface area contributed by atoms with Gasteiger partial charge in [0, 0.05) is 18.7 Å². The van der Waals surface area contributed by atoms with Gasteiger partial charge >= 0.3 is 0 Å². The zero-order valence-electron chi connectivity index (χ0n) is 15.5. The van der Waals surface area contributed by atoms with Crippen molar-refractivity contribution in [1.29, 1.82) is 0 Å². The molecule has 1 N–H and O–H groups in total. The van der Waals surface area contributed by atoms with Crippen LogP contribution in [0.25, 0.3) is 0 Å². The largest absolute Gasteiger partial charge is 0.497 e. The normalized spacial score (nSPS) is 19.0. The lowest BCUT2D eigenvalue weighted by Crippen LogP contribution is -2.40. The molecule has 0 amide bonds. The van der Waals surface area contributed by atoms with Crippen molar-refractivity contribution in [1.82, 2.24) is 4.31 Å². The van der Waals surface area contributed by atoms with Crippen molar-refractivity contribution in [3.05, 3.63) is 48.0 Å². The zero-order chi connectivity index (χ0) is 20.6. The van der Waals surface area contributed by atoms with Gasteiger partial charge in [0.05, 0.1) is 30.9 Å². The summed E-state index contributed by atoms with van der Waals surface area (Å²) in [6.45, 7) is 1.06. The Hall–Kier alpha value is -2.47. The highest BCUT2D eigenvalue weighted by Gasteiger charge is 2.31. The van der Waals surface area contributed by atoms with Crippen LogP contribution < -0.4 is 10.1 Å². The molecule has 0 unspecified atom stereocenters. The Morgan fingerprint density at radius 2 is 1.90 bits per heavy atom. The third kappa shape index (κ3) is 3.73. The van der Waals surface area contributed by atoms with Gasteiger partial charge in [0.25, 0.3) is 10.0 Å². The van der Waals surface area contributed by atoms with Gasteiger partial charge in [-0.2, -0.15) is 12.7 Å². The molecular weight excluding hydrogens is 418 g/mol. The molecule has 0 aliphatic carbocycles. The molecule has 2 aliphatic rings. The number of nitrogens with one attached hydrogen (secondary N) is 1. The van der Waals surface area contributed by atoms with Crippen LogP contribution in [0.15, 0.2) is 56.7 Å². The van der Waals surface area contributed by atoms with Crippen molar-refractivity contribution in [2.75, 3.05) is 38.7 Å². The van der Waals surface area contributed by atoms with E-state index in [-0.39, 0.29) is 34.4 Å². The number of sulfonamides is 2. The van der Waals surface area contributed by atoms with Crippen molar-refractivity contribution in [2.45, 2.75) is 9.79 Å². The minimum atomic E-state index is -4.10. The number of amidine groups is 1. The van der Waals surface area contributed by atoms with Crippen LogP contribution in [0.1, 0.15) is 5.56 Å². The van der Waals surface area contributed by atoms with Gasteiger partial charge in [-0.15, -0.1) is 4.40 Å². The lowest BCUT2D eigenvalue weighted by atomic mass is 10.2. The standard InChI is InChI=1S/C18H19N3O6S2/c1-26-14-4-2-3-13(11-14)18-19-16-6-5-15(12-17(16)28(22,23)20-18)29(24,25)21-7-9-27-10-8-21/h2-6,11-12H,7-10H2,1H3,(H,19,20). The summed E-state index contributed by atoms with van der Waals surface area (Å²) in [4.78, 5) is -0.276. The molecule has 2 heterocycles. The highest BCUT2D eigenvalue weighted by molar-refractivity contribution is 7.91.